The van der Waals surface area contributed by atoms with Gasteiger partial charge in [-0.05, 0) is 26.3 Å². The molecule has 0 aliphatic heterocycles. The van der Waals surface area contributed by atoms with Gasteiger partial charge in [-0.2, -0.15) is 0 Å². The lowest BCUT2D eigenvalue weighted by Crippen LogP contribution is -1.99. The van der Waals surface area contributed by atoms with E-state index in [1.54, 1.807) is 0 Å². The van der Waals surface area contributed by atoms with Gasteiger partial charge in [0.05, 0.1) is 6.33 Å². The highest BCUT2D eigenvalue weighted by atomic mass is 15.0. The highest BCUT2D eigenvalue weighted by Gasteiger charge is 1.96. The fourth-order valence-electron chi connectivity index (χ4n) is 1.20. The largest absolute Gasteiger partial charge is 0.330 e. The number of rotatable bonds is 3. The van der Waals surface area contributed by atoms with Crippen molar-refractivity contribution in [2.75, 3.05) is 0 Å². The van der Waals surface area contributed by atoms with Gasteiger partial charge in [0, 0.05) is 18.4 Å². The van der Waals surface area contributed by atoms with Crippen LogP contribution in [0.25, 0.3) is 0 Å². The van der Waals surface area contributed by atoms with Crippen molar-refractivity contribution in [1.29, 1.82) is 0 Å². The molecule has 2 nitrogen and oxygen atoms in total. The third-order valence-corrected chi connectivity index (χ3v) is 2.02. The topological polar surface area (TPSA) is 17.8 Å². The number of hydrogen-bond acceptors (Lipinski definition) is 1. The first-order valence-corrected chi connectivity index (χ1v) is 5.52. The number of aromatic nitrogens is 2. The Balaban J connectivity index is 0.000000921. The summed E-state index contributed by atoms with van der Waals surface area (Å²) in [4.78, 5) is 4.08. The van der Waals surface area contributed by atoms with Crippen molar-refractivity contribution in [1.82, 2.24) is 9.55 Å². The Hall–Kier alpha value is -1.31. The van der Waals surface area contributed by atoms with Crippen molar-refractivity contribution in [2.45, 2.75) is 41.2 Å². The second-order valence-corrected chi connectivity index (χ2v) is 3.03. The van der Waals surface area contributed by atoms with Crippen molar-refractivity contribution in [3.8, 4) is 0 Å². The summed E-state index contributed by atoms with van der Waals surface area (Å²) < 4.78 is 2.13. The average molecular weight is 206 g/mol. The molecule has 0 saturated carbocycles. The van der Waals surface area contributed by atoms with Gasteiger partial charge in [-0.1, -0.05) is 32.1 Å². The zero-order valence-corrected chi connectivity index (χ0v) is 10.5. The zero-order valence-electron chi connectivity index (χ0n) is 10.5. The molecule has 84 valence electrons. The first-order chi connectivity index (χ1) is 7.27. The van der Waals surface area contributed by atoms with E-state index in [9.17, 15) is 0 Å². The monoisotopic (exact) mass is 206 g/mol. The fraction of sp³-hybridized carbons (Fsp3) is 0.462. The van der Waals surface area contributed by atoms with E-state index >= 15 is 0 Å². The molecule has 1 aromatic rings. The van der Waals surface area contributed by atoms with E-state index in [4.69, 9.17) is 0 Å². The summed E-state index contributed by atoms with van der Waals surface area (Å²) >= 11 is 0. The molecule has 0 aliphatic carbocycles. The number of allylic oxidation sites excluding steroid dienone is 4. The van der Waals surface area contributed by atoms with Gasteiger partial charge in [0.2, 0.25) is 0 Å². The normalized spacial score (nSPS) is 11.4. The Bertz CT molecular complexity index is 319. The summed E-state index contributed by atoms with van der Waals surface area (Å²) in [5.74, 6) is 0. The minimum Gasteiger partial charge on any atom is -0.330 e. The summed E-state index contributed by atoms with van der Waals surface area (Å²) in [6, 6.07) is 0. The maximum Gasteiger partial charge on any atom is 0.0951 e. The SMILES string of the molecule is C/C=C\C(=C/C)Cn1cncc1C.CC. The Labute approximate surface area is 93.3 Å². The standard InChI is InChI=1S/C11H16N2.C2H6/c1-4-6-11(5-2)8-13-9-12-7-10(13)3;1-2/h4-7,9H,8H2,1-3H3;1-2H3/b6-4-,11-5+;. The first kappa shape index (κ1) is 13.7. The smallest absolute Gasteiger partial charge is 0.0951 e. The molecule has 0 saturated heterocycles. The van der Waals surface area contributed by atoms with Crippen molar-refractivity contribution in [3.63, 3.8) is 0 Å². The van der Waals surface area contributed by atoms with Crippen LogP contribution < -0.4 is 0 Å². The van der Waals surface area contributed by atoms with Crippen LogP contribution in [0.1, 0.15) is 33.4 Å². The third-order valence-electron chi connectivity index (χ3n) is 2.02. The number of hydrogen-bond donors (Lipinski definition) is 0. The minimum atomic E-state index is 0.909. The summed E-state index contributed by atoms with van der Waals surface area (Å²) in [5.41, 5.74) is 2.51. The molecule has 0 unspecified atom stereocenters. The van der Waals surface area contributed by atoms with E-state index in [2.05, 4.69) is 41.6 Å². The van der Waals surface area contributed by atoms with Gasteiger partial charge in [0.1, 0.15) is 0 Å². The van der Waals surface area contributed by atoms with Crippen molar-refractivity contribution >= 4 is 0 Å². The van der Waals surface area contributed by atoms with Gasteiger partial charge >= 0.3 is 0 Å². The Morgan fingerprint density at radius 3 is 2.47 bits per heavy atom. The highest BCUT2D eigenvalue weighted by molar-refractivity contribution is 5.18. The predicted molar refractivity (Wildman–Crippen MR) is 66.9 cm³/mol. The molecular formula is C13H22N2. The van der Waals surface area contributed by atoms with E-state index in [1.165, 1.54) is 11.3 Å². The van der Waals surface area contributed by atoms with E-state index < -0.39 is 0 Å². The van der Waals surface area contributed by atoms with Gasteiger partial charge in [0.25, 0.3) is 0 Å². The maximum atomic E-state index is 4.08. The second-order valence-electron chi connectivity index (χ2n) is 3.03. The average Bonchev–Trinajstić information content (AvgIpc) is 2.67. The summed E-state index contributed by atoms with van der Waals surface area (Å²) in [6.45, 7) is 11.1. The van der Waals surface area contributed by atoms with Crippen LogP contribution in [0, 0.1) is 6.92 Å². The molecule has 2 heteroatoms. The van der Waals surface area contributed by atoms with Crippen LogP contribution in [-0.2, 0) is 6.54 Å². The van der Waals surface area contributed by atoms with E-state index in [-0.39, 0.29) is 0 Å². The molecule has 1 aromatic heterocycles. The van der Waals surface area contributed by atoms with Crippen molar-refractivity contribution < 1.29 is 0 Å². The Morgan fingerprint density at radius 1 is 1.40 bits per heavy atom. The molecule has 0 fully saturated rings. The molecule has 0 spiro atoms. The van der Waals surface area contributed by atoms with Crippen molar-refractivity contribution in [3.05, 3.63) is 42.0 Å². The van der Waals surface area contributed by atoms with Crippen LogP contribution >= 0.6 is 0 Å². The quantitative estimate of drug-likeness (QED) is 0.689. The molecule has 0 N–H and O–H groups in total. The lowest BCUT2D eigenvalue weighted by molar-refractivity contribution is 0.768. The number of aryl methyl sites for hydroxylation is 1. The van der Waals surface area contributed by atoms with E-state index in [0.29, 0.717) is 0 Å². The molecule has 0 amide bonds. The van der Waals surface area contributed by atoms with Gasteiger partial charge in [0.15, 0.2) is 0 Å². The molecule has 0 aliphatic rings. The molecule has 0 atom stereocenters. The lowest BCUT2D eigenvalue weighted by Gasteiger charge is -2.04. The van der Waals surface area contributed by atoms with E-state index in [0.717, 1.165) is 6.54 Å². The first-order valence-electron chi connectivity index (χ1n) is 5.52. The van der Waals surface area contributed by atoms with Crippen LogP contribution in [0.3, 0.4) is 0 Å². The summed E-state index contributed by atoms with van der Waals surface area (Å²) in [6.07, 6.45) is 10.0. The maximum absolute atomic E-state index is 4.08. The number of imidazole rings is 1. The van der Waals surface area contributed by atoms with E-state index in [1.807, 2.05) is 33.3 Å². The summed E-state index contributed by atoms with van der Waals surface area (Å²) in [7, 11) is 0. The van der Waals surface area contributed by atoms with Gasteiger partial charge in [-0.15, -0.1) is 0 Å². The Kier molecular flexibility index (Phi) is 7.33. The minimum absolute atomic E-state index is 0.909. The van der Waals surface area contributed by atoms with Crippen LogP contribution in [0.15, 0.2) is 36.3 Å². The van der Waals surface area contributed by atoms with Crippen LogP contribution in [0.4, 0.5) is 0 Å². The fourth-order valence-corrected chi connectivity index (χ4v) is 1.20. The third kappa shape index (κ3) is 4.63. The van der Waals surface area contributed by atoms with Crippen molar-refractivity contribution in [2.24, 2.45) is 0 Å². The molecule has 1 heterocycles. The zero-order chi connectivity index (χ0) is 11.7. The molecular weight excluding hydrogens is 184 g/mol. The summed E-state index contributed by atoms with van der Waals surface area (Å²) in [5, 5.41) is 0. The number of nitrogens with zero attached hydrogens (tertiary/aromatic N) is 2. The molecule has 15 heavy (non-hydrogen) atoms. The molecule has 0 radical (unpaired) electrons. The van der Waals surface area contributed by atoms with Crippen LogP contribution in [0.5, 0.6) is 0 Å². The van der Waals surface area contributed by atoms with Crippen LogP contribution in [-0.4, -0.2) is 9.55 Å². The second kappa shape index (κ2) is 8.04. The highest BCUT2D eigenvalue weighted by Crippen LogP contribution is 2.04. The predicted octanol–water partition coefficient (Wildman–Crippen LogP) is 3.74. The molecule has 1 rings (SSSR count). The Morgan fingerprint density at radius 2 is 2.07 bits per heavy atom. The van der Waals surface area contributed by atoms with Gasteiger partial charge < -0.3 is 4.57 Å². The molecule has 0 aromatic carbocycles. The van der Waals surface area contributed by atoms with Gasteiger partial charge in [-0.25, -0.2) is 4.98 Å². The van der Waals surface area contributed by atoms with Gasteiger partial charge in [-0.3, -0.25) is 0 Å². The molecule has 0 bridgehead atoms. The lowest BCUT2D eigenvalue weighted by atomic mass is 10.2. The van der Waals surface area contributed by atoms with Crippen LogP contribution in [0.2, 0.25) is 0 Å².